The van der Waals surface area contributed by atoms with E-state index in [1.807, 2.05) is 0 Å². The van der Waals surface area contributed by atoms with Crippen LogP contribution in [0.2, 0.25) is 0 Å². The average Bonchev–Trinajstić information content (AvgIpc) is 2.86. The van der Waals surface area contributed by atoms with Crippen LogP contribution in [0.1, 0.15) is 40.5 Å². The van der Waals surface area contributed by atoms with Crippen LogP contribution in [0.5, 0.6) is 0 Å². The van der Waals surface area contributed by atoms with Gasteiger partial charge in [0, 0.05) is 0 Å². The molecule has 2 rings (SSSR count). The first-order valence-electron chi connectivity index (χ1n) is 5.31. The largest absolute Gasteiger partial charge is 0.0704 e. The maximum absolute atomic E-state index is 2.42. The van der Waals surface area contributed by atoms with Crippen LogP contribution < -0.4 is 0 Å². The maximum atomic E-state index is 2.42. The highest BCUT2D eigenvalue weighted by molar-refractivity contribution is 5.28. The highest BCUT2D eigenvalue weighted by Crippen LogP contribution is 2.51. The van der Waals surface area contributed by atoms with E-state index in [9.17, 15) is 0 Å². The highest BCUT2D eigenvalue weighted by atomic mass is 14.5. The lowest BCUT2D eigenvalue weighted by molar-refractivity contribution is 0.0430. The minimum absolute atomic E-state index is 0.928. The highest BCUT2D eigenvalue weighted by Gasteiger charge is 2.43. The first-order valence-corrected chi connectivity index (χ1v) is 5.31. The smallest absolute Gasteiger partial charge is 0.0147 e. The van der Waals surface area contributed by atoms with E-state index in [1.54, 1.807) is 11.1 Å². The summed E-state index contributed by atoms with van der Waals surface area (Å²) in [5, 5.41) is 0. The second-order valence-corrected chi connectivity index (χ2v) is 4.89. The van der Waals surface area contributed by atoms with Gasteiger partial charge in [0.15, 0.2) is 0 Å². The van der Waals surface area contributed by atoms with Gasteiger partial charge >= 0.3 is 0 Å². The van der Waals surface area contributed by atoms with Gasteiger partial charge in [0.2, 0.25) is 0 Å². The second-order valence-electron chi connectivity index (χ2n) is 4.89. The summed E-state index contributed by atoms with van der Waals surface area (Å²) in [6.07, 6.45) is 2.80. The van der Waals surface area contributed by atoms with Crippen molar-refractivity contribution in [3.8, 4) is 0 Å². The van der Waals surface area contributed by atoms with Gasteiger partial charge in [-0.15, -0.1) is 0 Å². The quantitative estimate of drug-likeness (QED) is 0.519. The summed E-state index contributed by atoms with van der Waals surface area (Å²) < 4.78 is 0. The van der Waals surface area contributed by atoms with Gasteiger partial charge in [-0.05, 0) is 43.4 Å². The molecule has 0 bridgehead atoms. The van der Waals surface area contributed by atoms with Gasteiger partial charge in [-0.2, -0.15) is 0 Å². The summed E-state index contributed by atoms with van der Waals surface area (Å²) in [5.74, 6) is 3.75. The first-order chi connectivity index (χ1) is 5.63. The van der Waals surface area contributed by atoms with Crippen LogP contribution >= 0.6 is 0 Å². The Morgan fingerprint density at radius 2 is 1.50 bits per heavy atom. The normalized spacial score (nSPS) is 45.5. The first kappa shape index (κ1) is 8.34. The molecule has 2 aliphatic rings. The van der Waals surface area contributed by atoms with E-state index >= 15 is 0 Å². The molecule has 0 aliphatic heterocycles. The molecule has 0 aromatic rings. The van der Waals surface area contributed by atoms with Crippen LogP contribution in [0, 0.1) is 23.7 Å². The molecular weight excluding hydrogens is 144 g/mol. The third-order valence-electron chi connectivity index (χ3n) is 4.35. The molecule has 2 saturated carbocycles. The number of hydrogen-bond acceptors (Lipinski definition) is 0. The Bertz CT molecular complexity index is 208. The van der Waals surface area contributed by atoms with E-state index in [-0.39, 0.29) is 0 Å². The molecule has 0 N–H and O–H groups in total. The molecule has 0 heteroatoms. The van der Waals surface area contributed by atoms with E-state index < -0.39 is 0 Å². The zero-order valence-electron chi connectivity index (χ0n) is 8.72. The van der Waals surface area contributed by atoms with Gasteiger partial charge in [-0.3, -0.25) is 0 Å². The topological polar surface area (TPSA) is 0 Å². The molecule has 2 aliphatic carbocycles. The molecule has 0 heterocycles. The second kappa shape index (κ2) is 2.61. The molecule has 68 valence electrons. The summed E-state index contributed by atoms with van der Waals surface area (Å²) in [6, 6.07) is 0. The van der Waals surface area contributed by atoms with Gasteiger partial charge in [0.05, 0.1) is 0 Å². The van der Waals surface area contributed by atoms with Gasteiger partial charge in [-0.25, -0.2) is 0 Å². The molecule has 2 atom stereocenters. The fraction of sp³-hybridized carbons (Fsp3) is 0.833. The monoisotopic (exact) mass is 164 g/mol. The van der Waals surface area contributed by atoms with Crippen molar-refractivity contribution in [3.05, 3.63) is 11.1 Å². The lowest BCUT2D eigenvalue weighted by Crippen LogP contribution is -2.42. The summed E-state index contributed by atoms with van der Waals surface area (Å²) in [7, 11) is 0. The Hall–Kier alpha value is -0.260. The Balaban J connectivity index is 2.10. The predicted octanol–water partition coefficient (Wildman–Crippen LogP) is 3.63. The average molecular weight is 164 g/mol. The predicted molar refractivity (Wildman–Crippen MR) is 52.9 cm³/mol. The van der Waals surface area contributed by atoms with Crippen LogP contribution in [0.25, 0.3) is 0 Å². The fourth-order valence-electron chi connectivity index (χ4n) is 2.95. The van der Waals surface area contributed by atoms with Crippen molar-refractivity contribution in [2.45, 2.75) is 40.5 Å². The molecule has 0 saturated heterocycles. The van der Waals surface area contributed by atoms with E-state index in [0.717, 1.165) is 23.7 Å². The molecule has 2 unspecified atom stereocenters. The Morgan fingerprint density at radius 1 is 1.00 bits per heavy atom. The molecule has 2 fully saturated rings. The summed E-state index contributed by atoms with van der Waals surface area (Å²) in [4.78, 5) is 0. The fourth-order valence-corrected chi connectivity index (χ4v) is 2.95. The van der Waals surface area contributed by atoms with E-state index in [2.05, 4.69) is 27.7 Å². The maximum Gasteiger partial charge on any atom is -0.0147 e. The summed E-state index contributed by atoms with van der Waals surface area (Å²) in [6.45, 7) is 9.60. The lowest BCUT2D eigenvalue weighted by atomic mass is 9.56. The molecule has 0 aromatic heterocycles. The van der Waals surface area contributed by atoms with E-state index in [0.29, 0.717) is 0 Å². The standard InChI is InChI=1S/C12H20/c1-7-8(2)12(9(7)3)10(4)11-5-6-11/h7-9,12H,5-6H2,1-4H3. The number of hydrogen-bond donors (Lipinski definition) is 0. The lowest BCUT2D eigenvalue weighted by Gasteiger charge is -2.48. The number of allylic oxidation sites excluding steroid dienone is 2. The molecular formula is C12H20. The van der Waals surface area contributed by atoms with Crippen LogP contribution in [0.15, 0.2) is 11.1 Å². The molecule has 0 spiro atoms. The zero-order chi connectivity index (χ0) is 8.88. The summed E-state index contributed by atoms with van der Waals surface area (Å²) >= 11 is 0. The van der Waals surface area contributed by atoms with Crippen LogP contribution in [-0.4, -0.2) is 0 Å². The van der Waals surface area contributed by atoms with Crippen molar-refractivity contribution < 1.29 is 0 Å². The van der Waals surface area contributed by atoms with Crippen molar-refractivity contribution in [1.82, 2.24) is 0 Å². The van der Waals surface area contributed by atoms with E-state index in [1.165, 1.54) is 12.8 Å². The van der Waals surface area contributed by atoms with Crippen molar-refractivity contribution in [3.63, 3.8) is 0 Å². The van der Waals surface area contributed by atoms with Gasteiger partial charge in [0.1, 0.15) is 0 Å². The van der Waals surface area contributed by atoms with Gasteiger partial charge < -0.3 is 0 Å². The molecule has 0 aromatic carbocycles. The van der Waals surface area contributed by atoms with Crippen molar-refractivity contribution >= 4 is 0 Å². The van der Waals surface area contributed by atoms with Crippen molar-refractivity contribution in [2.24, 2.45) is 23.7 Å². The third kappa shape index (κ3) is 1.04. The number of rotatable bonds is 1. The van der Waals surface area contributed by atoms with Crippen molar-refractivity contribution in [1.29, 1.82) is 0 Å². The Morgan fingerprint density at radius 3 is 1.92 bits per heavy atom. The zero-order valence-corrected chi connectivity index (χ0v) is 8.72. The Labute approximate surface area is 76.1 Å². The molecule has 0 radical (unpaired) electrons. The van der Waals surface area contributed by atoms with Crippen LogP contribution in [0.3, 0.4) is 0 Å². The SMILES string of the molecule is CC(=C1CC1)C1C(C)C(C)C1C. The summed E-state index contributed by atoms with van der Waals surface area (Å²) in [5.41, 5.74) is 3.51. The minimum Gasteiger partial charge on any atom is -0.0704 e. The molecule has 0 nitrogen and oxygen atoms in total. The van der Waals surface area contributed by atoms with Crippen molar-refractivity contribution in [2.75, 3.05) is 0 Å². The minimum atomic E-state index is 0.928. The van der Waals surface area contributed by atoms with Gasteiger partial charge in [-0.1, -0.05) is 31.9 Å². The third-order valence-corrected chi connectivity index (χ3v) is 4.35. The van der Waals surface area contributed by atoms with Crippen LogP contribution in [0.4, 0.5) is 0 Å². The van der Waals surface area contributed by atoms with E-state index in [4.69, 9.17) is 0 Å². The van der Waals surface area contributed by atoms with Gasteiger partial charge in [0.25, 0.3) is 0 Å². The molecule has 12 heavy (non-hydrogen) atoms. The van der Waals surface area contributed by atoms with Crippen LogP contribution in [-0.2, 0) is 0 Å². The Kier molecular flexibility index (Phi) is 1.82. The molecule has 0 amide bonds.